The summed E-state index contributed by atoms with van der Waals surface area (Å²) in [6, 6.07) is 7.22. The van der Waals surface area contributed by atoms with E-state index >= 15 is 0 Å². The minimum Gasteiger partial charge on any atom is -0.577 e. The molecule has 0 saturated carbocycles. The van der Waals surface area contributed by atoms with Crippen LogP contribution >= 0.6 is 0 Å². The van der Waals surface area contributed by atoms with E-state index in [0.29, 0.717) is 23.4 Å². The zero-order chi connectivity index (χ0) is 18.4. The third-order valence-electron chi connectivity index (χ3n) is 3.92. The van der Waals surface area contributed by atoms with Crippen LogP contribution < -0.4 is 11.1 Å². The van der Waals surface area contributed by atoms with Crippen LogP contribution in [-0.2, 0) is 0 Å². The number of aliphatic hydroxyl groups excluding tert-OH is 1. The maximum atomic E-state index is 9.53. The maximum absolute atomic E-state index is 9.53. The molecule has 134 valence electrons. The first kappa shape index (κ1) is 18.8. The van der Waals surface area contributed by atoms with Crippen molar-refractivity contribution in [3.8, 4) is 0 Å². The molecule has 1 heterocycles. The normalized spacial score (nSPS) is 14.3. The summed E-state index contributed by atoms with van der Waals surface area (Å²) in [4.78, 5) is 12.9. The van der Waals surface area contributed by atoms with E-state index in [2.05, 4.69) is 20.3 Å². The lowest BCUT2D eigenvalue weighted by Gasteiger charge is -2.21. The van der Waals surface area contributed by atoms with Gasteiger partial charge in [0, 0.05) is 25.1 Å². The Morgan fingerprint density at radius 2 is 2.00 bits per heavy atom. The van der Waals surface area contributed by atoms with Crippen LogP contribution in [0.25, 0.3) is 11.0 Å². The Labute approximate surface area is 146 Å². The highest BCUT2D eigenvalue weighted by Crippen LogP contribution is 2.18. The van der Waals surface area contributed by atoms with Crippen LogP contribution in [0, 0.1) is 11.3 Å². The molecule has 1 aromatic heterocycles. The first-order chi connectivity index (χ1) is 12.0. The Bertz CT molecular complexity index is 777. The zero-order valence-electron chi connectivity index (χ0n) is 14.5. The summed E-state index contributed by atoms with van der Waals surface area (Å²) in [5.41, 5.74) is 7.63. The molecule has 0 bridgehead atoms. The van der Waals surface area contributed by atoms with E-state index < -0.39 is 0 Å². The lowest BCUT2D eigenvalue weighted by Crippen LogP contribution is -2.36. The summed E-state index contributed by atoms with van der Waals surface area (Å²) in [6.07, 6.45) is 0.751. The highest BCUT2D eigenvalue weighted by molar-refractivity contribution is 6.03. The number of aliphatic imine (C=N–C) groups is 1. The molecule has 0 aliphatic carbocycles. The minimum atomic E-state index is -0.137. The molecule has 0 aliphatic heterocycles. The smallest absolute Gasteiger partial charge is 0.389 e. The average Bonchev–Trinajstić information content (AvgIpc) is 2.60. The number of rotatable bonds is 7. The van der Waals surface area contributed by atoms with Crippen LogP contribution in [0.15, 0.2) is 29.3 Å². The van der Waals surface area contributed by atoms with Gasteiger partial charge >= 0.3 is 5.90 Å². The molecule has 8 nitrogen and oxygen atoms in total. The fourth-order valence-corrected chi connectivity index (χ4v) is 2.42. The third kappa shape index (κ3) is 4.71. The lowest BCUT2D eigenvalue weighted by atomic mass is 9.99. The van der Waals surface area contributed by atoms with Crippen LogP contribution in [0.2, 0.25) is 0 Å². The maximum Gasteiger partial charge on any atom is 0.389 e. The molecule has 1 aromatic carbocycles. The predicted octanol–water partition coefficient (Wildman–Crippen LogP) is 0.856. The molecule has 0 amide bonds. The number of para-hydroxylation sites is 2. The lowest BCUT2D eigenvalue weighted by molar-refractivity contribution is 0.210. The minimum absolute atomic E-state index is 0.0205. The number of hydrogen-bond acceptors (Lipinski definition) is 6. The summed E-state index contributed by atoms with van der Waals surface area (Å²) in [5.74, 6) is 0.151. The number of anilines is 1. The highest BCUT2D eigenvalue weighted by Gasteiger charge is 2.21. The van der Waals surface area contributed by atoms with Gasteiger partial charge in [-0.3, -0.25) is 5.41 Å². The van der Waals surface area contributed by atoms with Gasteiger partial charge < -0.3 is 21.3 Å². The fraction of sp³-hybridized carbons (Fsp3) is 0.412. The first-order valence-corrected chi connectivity index (χ1v) is 8.19. The van der Waals surface area contributed by atoms with Crippen molar-refractivity contribution in [2.24, 2.45) is 16.6 Å². The molecule has 2 rings (SSSR count). The summed E-state index contributed by atoms with van der Waals surface area (Å²) in [6.45, 7) is 3.83. The molecular formula is C17H25N6O2+. The van der Waals surface area contributed by atoms with Gasteiger partial charge in [-0.1, -0.05) is 19.1 Å². The van der Waals surface area contributed by atoms with E-state index in [1.165, 1.54) is 6.92 Å². The van der Waals surface area contributed by atoms with Crippen LogP contribution in [0.5, 0.6) is 0 Å². The summed E-state index contributed by atoms with van der Waals surface area (Å²) >= 11 is 0. The Morgan fingerprint density at radius 1 is 1.36 bits per heavy atom. The molecule has 2 atom stereocenters. The van der Waals surface area contributed by atoms with Crippen molar-refractivity contribution in [1.29, 1.82) is 5.41 Å². The van der Waals surface area contributed by atoms with Gasteiger partial charge in [0.1, 0.15) is 5.84 Å². The van der Waals surface area contributed by atoms with Gasteiger partial charge in [-0.05, 0) is 25.5 Å². The Hall–Kier alpha value is -2.58. The summed E-state index contributed by atoms with van der Waals surface area (Å²) < 4.78 is 0. The first-order valence-electron chi connectivity index (χ1n) is 8.19. The van der Waals surface area contributed by atoms with Crippen molar-refractivity contribution in [1.82, 2.24) is 9.97 Å². The molecule has 0 aliphatic rings. The molecule has 0 spiro atoms. The number of nitrogens with zero attached hydrogens (tertiary/aromatic N) is 3. The van der Waals surface area contributed by atoms with Gasteiger partial charge in [-0.25, -0.2) is 9.97 Å². The quantitative estimate of drug-likeness (QED) is 0.334. The van der Waals surface area contributed by atoms with E-state index in [9.17, 15) is 5.11 Å². The van der Waals surface area contributed by atoms with Crippen LogP contribution in [0.1, 0.15) is 26.0 Å². The SMILES string of the molecule is CCC(N)C(CO)CNc1nc2ccccc2nc1C([OH2+])=NC(C)=N. The second kappa shape index (κ2) is 8.50. The number of fused-ring (bicyclic) bond motifs is 1. The van der Waals surface area contributed by atoms with Crippen molar-refractivity contribution < 1.29 is 10.2 Å². The zero-order valence-corrected chi connectivity index (χ0v) is 14.5. The Balaban J connectivity index is 2.40. The van der Waals surface area contributed by atoms with Crippen molar-refractivity contribution >= 4 is 28.6 Å². The molecule has 8 heteroatoms. The molecule has 2 aromatic rings. The molecular weight excluding hydrogens is 320 g/mol. The molecule has 0 radical (unpaired) electrons. The van der Waals surface area contributed by atoms with Gasteiger partial charge in [0.15, 0.2) is 5.82 Å². The largest absolute Gasteiger partial charge is 0.577 e. The average molecular weight is 345 g/mol. The van der Waals surface area contributed by atoms with E-state index in [4.69, 9.17) is 16.2 Å². The van der Waals surface area contributed by atoms with Crippen LogP contribution in [-0.4, -0.2) is 51.1 Å². The molecule has 2 unspecified atom stereocenters. The van der Waals surface area contributed by atoms with E-state index in [1.54, 1.807) is 0 Å². The van der Waals surface area contributed by atoms with Gasteiger partial charge in [0.2, 0.25) is 5.69 Å². The number of aromatic nitrogens is 2. The Morgan fingerprint density at radius 3 is 2.56 bits per heavy atom. The van der Waals surface area contributed by atoms with E-state index in [-0.39, 0.29) is 36.0 Å². The van der Waals surface area contributed by atoms with Crippen molar-refractivity contribution in [2.45, 2.75) is 26.3 Å². The van der Waals surface area contributed by atoms with E-state index in [1.807, 2.05) is 31.2 Å². The van der Waals surface area contributed by atoms with Crippen LogP contribution in [0.4, 0.5) is 5.82 Å². The van der Waals surface area contributed by atoms with E-state index in [0.717, 1.165) is 6.42 Å². The topological polar surface area (TPSA) is 143 Å². The second-order valence-corrected chi connectivity index (χ2v) is 5.85. The van der Waals surface area contributed by atoms with Crippen molar-refractivity contribution in [3.63, 3.8) is 0 Å². The van der Waals surface area contributed by atoms with Gasteiger partial charge in [0.05, 0.1) is 11.0 Å². The number of nitrogens with one attached hydrogen (secondary N) is 2. The standard InChI is InChI=1S/C17H24N6O2/c1-3-12(19)11(9-24)8-20-16-15(17(25)21-10(2)18)22-13-6-4-5-7-14(13)23-16/h4-7,11-12,24H,3,8-9,19H2,1-2H3,(H,20,23)(H2,18,21,25)/p+1. The number of benzene rings is 1. The molecule has 7 N–H and O–H groups in total. The predicted molar refractivity (Wildman–Crippen MR) is 100 cm³/mol. The molecule has 0 fully saturated rings. The third-order valence-corrected chi connectivity index (χ3v) is 3.92. The van der Waals surface area contributed by atoms with Gasteiger partial charge in [0.25, 0.3) is 0 Å². The number of aliphatic hydroxyl groups is 1. The summed E-state index contributed by atoms with van der Waals surface area (Å²) in [5, 5.41) is 28.2. The second-order valence-electron chi connectivity index (χ2n) is 5.85. The highest BCUT2D eigenvalue weighted by atomic mass is 16.3. The van der Waals surface area contributed by atoms with Crippen molar-refractivity contribution in [3.05, 3.63) is 30.0 Å². The molecule has 25 heavy (non-hydrogen) atoms. The number of amidine groups is 1. The van der Waals surface area contributed by atoms with Crippen molar-refractivity contribution in [2.75, 3.05) is 18.5 Å². The number of hydrogen-bond donors (Lipinski definition) is 4. The molecule has 0 saturated heterocycles. The monoisotopic (exact) mass is 345 g/mol. The van der Waals surface area contributed by atoms with Gasteiger partial charge in [-0.15, -0.1) is 4.99 Å². The fourth-order valence-electron chi connectivity index (χ4n) is 2.42. The van der Waals surface area contributed by atoms with Crippen LogP contribution in [0.3, 0.4) is 0 Å². The van der Waals surface area contributed by atoms with Gasteiger partial charge in [-0.2, -0.15) is 0 Å². The summed E-state index contributed by atoms with van der Waals surface area (Å²) in [7, 11) is 0. The Kier molecular flexibility index (Phi) is 6.37. The number of nitrogens with two attached hydrogens (primary N) is 1.